The summed E-state index contributed by atoms with van der Waals surface area (Å²) in [5, 5.41) is 14.6. The summed E-state index contributed by atoms with van der Waals surface area (Å²) >= 11 is 0. The number of rotatable bonds is 7. The number of fused-ring (bicyclic) bond motifs is 1. The number of nitrogens with zero attached hydrogens (tertiary/aromatic N) is 1. The quantitative estimate of drug-likeness (QED) is 0.324. The Morgan fingerprint density at radius 2 is 1.47 bits per heavy atom. The number of hydrogen-bond acceptors (Lipinski definition) is 2. The highest BCUT2D eigenvalue weighted by molar-refractivity contribution is 5.90. The van der Waals surface area contributed by atoms with E-state index in [1.165, 1.54) is 29.8 Å². The molecule has 5 rings (SSSR count). The van der Waals surface area contributed by atoms with Gasteiger partial charge in [0, 0.05) is 23.9 Å². The molecule has 1 amide bonds. The first-order valence-corrected chi connectivity index (χ1v) is 11.6. The Hall–Kier alpha value is -2.29. The van der Waals surface area contributed by atoms with Gasteiger partial charge >= 0.3 is 0 Å². The number of hydrogen-bond donors (Lipinski definition) is 2. The van der Waals surface area contributed by atoms with Crippen molar-refractivity contribution in [3.05, 3.63) is 107 Å². The van der Waals surface area contributed by atoms with Crippen molar-refractivity contribution >= 4 is 5.91 Å². The lowest BCUT2D eigenvalue weighted by Crippen LogP contribution is -3.00. The monoisotopic (exact) mass is 572 g/mol. The standard InChI is InChI=1S/C28H29FN2O2.HI/c1-31(17-20-8-4-2-5-9-20)18-25-24(26(25)19-31)16-30-27(32)28(33,21-10-6-3-7-11-21)22-12-14-23(29)15-13-22;/h2-15,24-26,33H,16-19H2,1H3;1H. The molecule has 0 bridgehead atoms. The number of nitrogens with one attached hydrogen (secondary N) is 1. The van der Waals surface area contributed by atoms with E-state index in [0.29, 0.717) is 35.4 Å². The minimum atomic E-state index is -1.86. The molecule has 3 aromatic rings. The summed E-state index contributed by atoms with van der Waals surface area (Å²) in [6.07, 6.45) is 0. The minimum absolute atomic E-state index is 0. The minimum Gasteiger partial charge on any atom is -1.00 e. The Morgan fingerprint density at radius 3 is 2.06 bits per heavy atom. The summed E-state index contributed by atoms with van der Waals surface area (Å²) < 4.78 is 14.5. The molecule has 1 aliphatic carbocycles. The molecule has 6 heteroatoms. The summed E-state index contributed by atoms with van der Waals surface area (Å²) in [5.41, 5.74) is 0.322. The fourth-order valence-corrected chi connectivity index (χ4v) is 5.75. The van der Waals surface area contributed by atoms with Gasteiger partial charge in [0.25, 0.3) is 5.91 Å². The zero-order valence-electron chi connectivity index (χ0n) is 19.2. The summed E-state index contributed by atoms with van der Waals surface area (Å²) in [4.78, 5) is 13.3. The molecule has 178 valence electrons. The second-order valence-electron chi connectivity index (χ2n) is 9.91. The Bertz CT molecular complexity index is 1110. The van der Waals surface area contributed by atoms with Gasteiger partial charge in [-0.15, -0.1) is 0 Å². The van der Waals surface area contributed by atoms with Crippen LogP contribution in [0.4, 0.5) is 4.39 Å². The third-order valence-electron chi connectivity index (χ3n) is 7.50. The van der Waals surface area contributed by atoms with E-state index in [1.807, 2.05) is 12.1 Å². The molecule has 1 aliphatic heterocycles. The molecular weight excluding hydrogens is 542 g/mol. The fraction of sp³-hybridized carbons (Fsp3) is 0.321. The lowest BCUT2D eigenvalue weighted by atomic mass is 9.85. The van der Waals surface area contributed by atoms with Crippen molar-refractivity contribution in [1.82, 2.24) is 5.32 Å². The summed E-state index contributed by atoms with van der Waals surface area (Å²) in [5.74, 6) is 0.789. The molecule has 4 nitrogen and oxygen atoms in total. The topological polar surface area (TPSA) is 49.3 Å². The molecule has 1 saturated heterocycles. The largest absolute Gasteiger partial charge is 1.00 e. The van der Waals surface area contributed by atoms with E-state index in [9.17, 15) is 14.3 Å². The molecule has 0 aromatic heterocycles. The number of amides is 1. The lowest BCUT2D eigenvalue weighted by Gasteiger charge is -2.33. The van der Waals surface area contributed by atoms with Crippen LogP contribution < -0.4 is 29.3 Å². The third kappa shape index (κ3) is 4.76. The van der Waals surface area contributed by atoms with Crippen molar-refractivity contribution in [2.24, 2.45) is 17.8 Å². The van der Waals surface area contributed by atoms with Crippen molar-refractivity contribution in [1.29, 1.82) is 0 Å². The zero-order valence-corrected chi connectivity index (χ0v) is 21.4. The lowest BCUT2D eigenvalue weighted by molar-refractivity contribution is -0.916. The van der Waals surface area contributed by atoms with E-state index < -0.39 is 17.3 Å². The van der Waals surface area contributed by atoms with Gasteiger partial charge in [-0.1, -0.05) is 72.8 Å². The van der Waals surface area contributed by atoms with Crippen LogP contribution in [0, 0.1) is 23.6 Å². The first kappa shape index (κ1) is 24.8. The highest BCUT2D eigenvalue weighted by Crippen LogP contribution is 2.54. The van der Waals surface area contributed by atoms with Crippen molar-refractivity contribution in [3.8, 4) is 0 Å². The van der Waals surface area contributed by atoms with E-state index in [4.69, 9.17) is 0 Å². The van der Waals surface area contributed by atoms with Crippen molar-refractivity contribution in [3.63, 3.8) is 0 Å². The van der Waals surface area contributed by atoms with Crippen molar-refractivity contribution in [2.75, 3.05) is 26.7 Å². The third-order valence-corrected chi connectivity index (χ3v) is 7.50. The maximum absolute atomic E-state index is 13.5. The van der Waals surface area contributed by atoms with Gasteiger partial charge in [-0.2, -0.15) is 0 Å². The summed E-state index contributed by atoms with van der Waals surface area (Å²) in [6.45, 7) is 3.81. The maximum Gasteiger partial charge on any atom is 0.261 e. The van der Waals surface area contributed by atoms with Crippen LogP contribution in [0.2, 0.25) is 0 Å². The number of aliphatic hydroxyl groups is 1. The second kappa shape index (κ2) is 9.76. The van der Waals surface area contributed by atoms with Gasteiger partial charge in [0.05, 0.1) is 20.1 Å². The van der Waals surface area contributed by atoms with E-state index in [1.54, 1.807) is 24.3 Å². The van der Waals surface area contributed by atoms with Gasteiger partial charge in [-0.05, 0) is 29.2 Å². The van der Waals surface area contributed by atoms with E-state index >= 15 is 0 Å². The number of benzene rings is 3. The van der Waals surface area contributed by atoms with Crippen molar-refractivity contribution in [2.45, 2.75) is 12.1 Å². The van der Waals surface area contributed by atoms with Crippen LogP contribution in [-0.4, -0.2) is 42.2 Å². The average Bonchev–Trinajstić information content (AvgIpc) is 3.32. The maximum atomic E-state index is 13.5. The van der Waals surface area contributed by atoms with Crippen LogP contribution in [0.1, 0.15) is 16.7 Å². The highest BCUT2D eigenvalue weighted by atomic mass is 127. The van der Waals surface area contributed by atoms with E-state index in [-0.39, 0.29) is 24.0 Å². The highest BCUT2D eigenvalue weighted by Gasteiger charge is 2.61. The van der Waals surface area contributed by atoms with Gasteiger partial charge in [-0.3, -0.25) is 4.79 Å². The number of piperidine rings is 1. The SMILES string of the molecule is C[N+]1(Cc2ccccc2)CC2C(CNC(=O)C(O)(c3ccccc3)c3ccc(F)cc3)C2C1.[I-]. The van der Waals surface area contributed by atoms with Crippen LogP contribution in [0.25, 0.3) is 0 Å². The van der Waals surface area contributed by atoms with Gasteiger partial charge in [-0.25, -0.2) is 4.39 Å². The number of halogens is 2. The molecular formula is C28H30FIN2O2. The number of likely N-dealkylation sites (tertiary alicyclic amines) is 1. The first-order chi connectivity index (χ1) is 15.9. The van der Waals surface area contributed by atoms with Crippen LogP contribution >= 0.6 is 0 Å². The van der Waals surface area contributed by atoms with Crippen LogP contribution in [0.5, 0.6) is 0 Å². The predicted octanol–water partition coefficient (Wildman–Crippen LogP) is 0.704. The molecule has 2 N–H and O–H groups in total. The Balaban J connectivity index is 0.00000274. The second-order valence-corrected chi connectivity index (χ2v) is 9.91. The zero-order chi connectivity index (χ0) is 23.1. The number of carbonyl (C=O) groups excluding carboxylic acids is 1. The van der Waals surface area contributed by atoms with E-state index in [2.05, 4.69) is 36.6 Å². The molecule has 3 atom stereocenters. The Morgan fingerprint density at radius 1 is 0.941 bits per heavy atom. The summed E-state index contributed by atoms with van der Waals surface area (Å²) in [7, 11) is 2.32. The summed E-state index contributed by atoms with van der Waals surface area (Å²) in [6, 6.07) is 24.9. The molecule has 2 aliphatic rings. The van der Waals surface area contributed by atoms with Gasteiger partial charge < -0.3 is 38.9 Å². The van der Waals surface area contributed by atoms with Gasteiger partial charge in [0.1, 0.15) is 12.4 Å². The Kier molecular flexibility index (Phi) is 7.12. The molecule has 3 aromatic carbocycles. The number of carbonyl (C=O) groups is 1. The van der Waals surface area contributed by atoms with Crippen LogP contribution in [-0.2, 0) is 16.9 Å². The average molecular weight is 572 g/mol. The van der Waals surface area contributed by atoms with Gasteiger partial charge in [0.2, 0.25) is 0 Å². The fourth-order valence-electron chi connectivity index (χ4n) is 5.75. The predicted molar refractivity (Wildman–Crippen MR) is 125 cm³/mol. The molecule has 3 unspecified atom stereocenters. The molecule has 0 radical (unpaired) electrons. The molecule has 34 heavy (non-hydrogen) atoms. The molecule has 2 fully saturated rings. The van der Waals surface area contributed by atoms with Crippen molar-refractivity contribution < 1.29 is 42.8 Å². The van der Waals surface area contributed by atoms with Crippen LogP contribution in [0.3, 0.4) is 0 Å². The smallest absolute Gasteiger partial charge is 0.261 e. The Labute approximate surface area is 217 Å². The van der Waals surface area contributed by atoms with E-state index in [0.717, 1.165) is 24.1 Å². The van der Waals surface area contributed by atoms with Gasteiger partial charge in [0.15, 0.2) is 5.60 Å². The first-order valence-electron chi connectivity index (χ1n) is 11.6. The molecule has 0 spiro atoms. The van der Waals surface area contributed by atoms with Crippen LogP contribution in [0.15, 0.2) is 84.9 Å². The normalized spacial score (nSPS) is 26.6. The molecule has 1 saturated carbocycles. The number of quaternary nitrogens is 1. The molecule has 1 heterocycles.